The van der Waals surface area contributed by atoms with E-state index in [2.05, 4.69) is 27.2 Å². The molecule has 10 heteroatoms. The minimum absolute atomic E-state index is 0.0825. The van der Waals surface area contributed by atoms with Gasteiger partial charge in [0, 0.05) is 32.0 Å². The van der Waals surface area contributed by atoms with Crippen LogP contribution in [0.1, 0.15) is 6.42 Å². The maximum Gasteiger partial charge on any atom is 0.263 e. The molecule has 0 aliphatic carbocycles. The molecule has 9 nitrogen and oxygen atoms in total. The fourth-order valence-electron chi connectivity index (χ4n) is 3.20. The predicted molar refractivity (Wildman–Crippen MR) is 116 cm³/mol. The van der Waals surface area contributed by atoms with E-state index in [0.717, 1.165) is 13.0 Å². The first-order valence-corrected chi connectivity index (χ1v) is 10.5. The van der Waals surface area contributed by atoms with E-state index in [1.165, 1.54) is 16.3 Å². The molecule has 0 aliphatic heterocycles. The molecule has 30 heavy (non-hydrogen) atoms. The summed E-state index contributed by atoms with van der Waals surface area (Å²) < 4.78 is 5.18. The molecule has 1 aromatic carbocycles. The van der Waals surface area contributed by atoms with Crippen molar-refractivity contribution in [3.63, 3.8) is 0 Å². The zero-order valence-electron chi connectivity index (χ0n) is 16.3. The first kappa shape index (κ1) is 19.9. The molecule has 0 spiro atoms. The number of carbonyl (C=O) groups excluding carboxylic acids is 1. The molecule has 3 aromatic heterocycles. The van der Waals surface area contributed by atoms with Crippen molar-refractivity contribution in [2.24, 2.45) is 0 Å². The number of nitrogens with zero attached hydrogens (tertiary/aromatic N) is 6. The summed E-state index contributed by atoms with van der Waals surface area (Å²) in [4.78, 5) is 25.0. The summed E-state index contributed by atoms with van der Waals surface area (Å²) in [5, 5.41) is 16.6. The van der Waals surface area contributed by atoms with Crippen molar-refractivity contribution in [1.82, 2.24) is 34.3 Å². The highest BCUT2D eigenvalue weighted by molar-refractivity contribution is 7.99. The van der Waals surface area contributed by atoms with E-state index >= 15 is 0 Å². The van der Waals surface area contributed by atoms with Crippen LogP contribution in [0.4, 0.5) is 0 Å². The number of hydrogen-bond acceptors (Lipinski definition) is 6. The lowest BCUT2D eigenvalue weighted by atomic mass is 10.2. The van der Waals surface area contributed by atoms with Gasteiger partial charge in [-0.05, 0) is 24.6 Å². The van der Waals surface area contributed by atoms with E-state index in [9.17, 15) is 9.59 Å². The summed E-state index contributed by atoms with van der Waals surface area (Å²) in [6.07, 6.45) is 6.07. The smallest absolute Gasteiger partial charge is 0.263 e. The van der Waals surface area contributed by atoms with Crippen molar-refractivity contribution in [3.8, 4) is 0 Å². The van der Waals surface area contributed by atoms with Crippen LogP contribution in [0.5, 0.6) is 0 Å². The van der Waals surface area contributed by atoms with E-state index in [-0.39, 0.29) is 17.2 Å². The first-order valence-electron chi connectivity index (χ1n) is 9.53. The van der Waals surface area contributed by atoms with Crippen molar-refractivity contribution in [3.05, 3.63) is 65.7 Å². The number of aryl methyl sites for hydroxylation is 1. The quantitative estimate of drug-likeness (QED) is 0.250. The Kier molecular flexibility index (Phi) is 5.94. The van der Waals surface area contributed by atoms with Gasteiger partial charge in [-0.2, -0.15) is 5.10 Å². The minimum Gasteiger partial charge on any atom is -0.355 e. The van der Waals surface area contributed by atoms with Crippen LogP contribution in [-0.2, 0) is 17.9 Å². The highest BCUT2D eigenvalue weighted by Gasteiger charge is 2.16. The number of amides is 1. The van der Waals surface area contributed by atoms with Crippen molar-refractivity contribution >= 4 is 34.3 Å². The van der Waals surface area contributed by atoms with E-state index in [1.807, 2.05) is 39.5 Å². The lowest BCUT2D eigenvalue weighted by molar-refractivity contribution is -0.118. The van der Waals surface area contributed by atoms with Gasteiger partial charge in [-0.15, -0.1) is 16.8 Å². The number of hydrogen-bond donors (Lipinski definition) is 1. The second-order valence-corrected chi connectivity index (χ2v) is 7.54. The Labute approximate surface area is 176 Å². The summed E-state index contributed by atoms with van der Waals surface area (Å²) in [5.74, 6) is 0.555. The molecule has 4 aromatic rings. The van der Waals surface area contributed by atoms with Gasteiger partial charge in [-0.25, -0.2) is 0 Å². The molecule has 0 saturated carbocycles. The van der Waals surface area contributed by atoms with Crippen LogP contribution < -0.4 is 10.9 Å². The summed E-state index contributed by atoms with van der Waals surface area (Å²) in [5.41, 5.74) is 0.571. The average Bonchev–Trinajstić information content (AvgIpc) is 3.43. The number of para-hydroxylation sites is 1. The molecule has 0 radical (unpaired) electrons. The number of benzene rings is 1. The third-order valence-electron chi connectivity index (χ3n) is 4.57. The van der Waals surface area contributed by atoms with Gasteiger partial charge in [-0.3, -0.25) is 23.2 Å². The van der Waals surface area contributed by atoms with Crippen molar-refractivity contribution in [2.75, 3.05) is 12.3 Å². The number of thioether (sulfide) groups is 1. The van der Waals surface area contributed by atoms with Crippen LogP contribution >= 0.6 is 11.8 Å². The van der Waals surface area contributed by atoms with Gasteiger partial charge in [0.1, 0.15) is 0 Å². The molecule has 1 amide bonds. The Balaban J connectivity index is 1.48. The van der Waals surface area contributed by atoms with Crippen LogP contribution in [0.25, 0.3) is 16.7 Å². The zero-order valence-corrected chi connectivity index (χ0v) is 17.1. The highest BCUT2D eigenvalue weighted by Crippen LogP contribution is 2.21. The average molecular weight is 424 g/mol. The maximum atomic E-state index is 12.8. The maximum absolute atomic E-state index is 12.8. The number of fused-ring (bicyclic) bond motifs is 3. The number of aromatic nitrogens is 6. The number of rotatable bonds is 9. The van der Waals surface area contributed by atoms with Crippen molar-refractivity contribution in [2.45, 2.75) is 24.7 Å². The van der Waals surface area contributed by atoms with Crippen LogP contribution in [0.2, 0.25) is 0 Å². The lowest BCUT2D eigenvalue weighted by Gasteiger charge is -2.09. The van der Waals surface area contributed by atoms with Gasteiger partial charge in [0.2, 0.25) is 11.7 Å². The first-order chi connectivity index (χ1) is 14.7. The van der Waals surface area contributed by atoms with Gasteiger partial charge in [0.15, 0.2) is 5.16 Å². The molecule has 0 fully saturated rings. The van der Waals surface area contributed by atoms with E-state index in [4.69, 9.17) is 0 Å². The van der Waals surface area contributed by atoms with Gasteiger partial charge < -0.3 is 5.32 Å². The predicted octanol–water partition coefficient (Wildman–Crippen LogP) is 1.73. The number of allylic oxidation sites excluding steroid dienone is 1. The molecule has 1 N–H and O–H groups in total. The zero-order chi connectivity index (χ0) is 20.9. The lowest BCUT2D eigenvalue weighted by Crippen LogP contribution is -2.27. The molecular weight excluding hydrogens is 402 g/mol. The molecule has 3 heterocycles. The molecule has 0 atom stereocenters. The molecule has 0 unspecified atom stereocenters. The van der Waals surface area contributed by atoms with E-state index < -0.39 is 0 Å². The minimum atomic E-state index is -0.142. The summed E-state index contributed by atoms with van der Waals surface area (Å²) in [6.45, 7) is 5.37. The Bertz CT molecular complexity index is 1240. The second kappa shape index (κ2) is 8.95. The molecule has 0 saturated heterocycles. The van der Waals surface area contributed by atoms with Crippen molar-refractivity contribution < 1.29 is 4.79 Å². The van der Waals surface area contributed by atoms with Gasteiger partial charge in [-0.1, -0.05) is 30.0 Å². The molecular formula is C20H21N7O2S. The molecule has 4 rings (SSSR count). The summed E-state index contributed by atoms with van der Waals surface area (Å²) in [6, 6.07) is 9.18. The Morgan fingerprint density at radius 1 is 1.23 bits per heavy atom. The van der Waals surface area contributed by atoms with Crippen LogP contribution in [0.3, 0.4) is 0 Å². The van der Waals surface area contributed by atoms with E-state index in [0.29, 0.717) is 34.9 Å². The number of carbonyl (C=O) groups is 1. The second-order valence-electron chi connectivity index (χ2n) is 6.60. The van der Waals surface area contributed by atoms with Gasteiger partial charge in [0.05, 0.1) is 16.7 Å². The van der Waals surface area contributed by atoms with Crippen LogP contribution in [0.15, 0.2) is 65.3 Å². The third kappa shape index (κ3) is 3.99. The van der Waals surface area contributed by atoms with Crippen LogP contribution in [0, 0.1) is 0 Å². The normalized spacial score (nSPS) is 11.2. The monoisotopic (exact) mass is 423 g/mol. The van der Waals surface area contributed by atoms with E-state index in [1.54, 1.807) is 18.3 Å². The molecule has 0 aliphatic rings. The summed E-state index contributed by atoms with van der Waals surface area (Å²) in [7, 11) is 0. The Morgan fingerprint density at radius 3 is 2.90 bits per heavy atom. The topological polar surface area (TPSA) is 99.1 Å². The Morgan fingerprint density at radius 2 is 2.10 bits per heavy atom. The fourth-order valence-corrected chi connectivity index (χ4v) is 3.97. The largest absolute Gasteiger partial charge is 0.355 e. The van der Waals surface area contributed by atoms with Gasteiger partial charge in [0.25, 0.3) is 5.56 Å². The highest BCUT2D eigenvalue weighted by atomic mass is 32.2. The molecule has 0 bridgehead atoms. The molecule has 154 valence electrons. The SMILES string of the molecule is C=CCn1c(=O)c2ccccc2n2c(SCC(=O)NCCCn3cccn3)nnc12. The van der Waals surface area contributed by atoms with Crippen molar-refractivity contribution in [1.29, 1.82) is 0 Å². The number of nitrogens with one attached hydrogen (secondary N) is 1. The van der Waals surface area contributed by atoms with Crippen LogP contribution in [-0.4, -0.2) is 47.2 Å². The fraction of sp³-hybridized carbons (Fsp3) is 0.250. The third-order valence-corrected chi connectivity index (χ3v) is 5.50. The van der Waals surface area contributed by atoms with Gasteiger partial charge >= 0.3 is 0 Å². The Hall–Kier alpha value is -3.40. The summed E-state index contributed by atoms with van der Waals surface area (Å²) >= 11 is 1.29. The standard InChI is InChI=1S/C20H21N7O2S/c1-2-11-26-18(29)15-7-3-4-8-16(15)27-19(26)23-24-20(27)30-14-17(28)21-9-5-12-25-13-6-10-22-25/h2-4,6-8,10,13H,1,5,9,11-12,14H2,(H,21,28).